The maximum absolute atomic E-state index is 7.57. The van der Waals surface area contributed by atoms with E-state index in [9.17, 15) is 0 Å². The number of alkyl halides is 3. The summed E-state index contributed by atoms with van der Waals surface area (Å²) in [6, 6.07) is 15.3. The van der Waals surface area contributed by atoms with Gasteiger partial charge in [0.2, 0.25) is 0 Å². The topological polar surface area (TPSA) is 77.8 Å². The van der Waals surface area contributed by atoms with E-state index in [1.165, 1.54) is 0 Å². The van der Waals surface area contributed by atoms with Gasteiger partial charge in [-0.15, -0.1) is 0 Å². The Labute approximate surface area is 281 Å². The summed E-state index contributed by atoms with van der Waals surface area (Å²) in [6.07, 6.45) is 0.225. The molecule has 12 heteroatoms. The van der Waals surface area contributed by atoms with Crippen LogP contribution in [0.5, 0.6) is 0 Å². The Morgan fingerprint density at radius 3 is 1.91 bits per heavy atom. The first-order valence-electron chi connectivity index (χ1n) is 8.59. The van der Waals surface area contributed by atoms with Crippen LogP contribution in [0.15, 0.2) is 68.3 Å². The van der Waals surface area contributed by atoms with Gasteiger partial charge >= 0.3 is 0 Å². The molecular weight excluding hydrogens is 1090 g/mol. The van der Waals surface area contributed by atoms with Gasteiger partial charge in [-0.25, -0.2) is 9.97 Å². The number of hydrogen-bond acceptors (Lipinski definition) is 4. The van der Waals surface area contributed by atoms with Crippen LogP contribution in [0.2, 0.25) is 0 Å². The van der Waals surface area contributed by atoms with E-state index in [0.29, 0.717) is 11.6 Å². The summed E-state index contributed by atoms with van der Waals surface area (Å²) in [4.78, 5) is 11.2. The van der Waals surface area contributed by atoms with Gasteiger partial charge in [-0.1, -0.05) is 112 Å². The summed E-state index contributed by atoms with van der Waals surface area (Å²) in [5.74, 6) is 0.910. The van der Waals surface area contributed by atoms with Crippen molar-refractivity contribution < 1.29 is 19.9 Å². The first-order valence-corrected chi connectivity index (χ1v) is 15.7. The molecule has 0 amide bonds. The minimum atomic E-state index is 0. The molecule has 0 unspecified atom stereocenters. The number of rotatable bonds is 0. The van der Waals surface area contributed by atoms with E-state index in [1.807, 2.05) is 65.1 Å². The van der Waals surface area contributed by atoms with E-state index in [2.05, 4.69) is 130 Å². The summed E-state index contributed by atoms with van der Waals surface area (Å²) in [5.41, 5.74) is 11.1. The van der Waals surface area contributed by atoms with Crippen LogP contribution in [-0.4, -0.2) is 9.91 Å². The number of benzene rings is 2. The van der Waals surface area contributed by atoms with E-state index >= 15 is 0 Å². The summed E-state index contributed by atoms with van der Waals surface area (Å²) in [5, 5.41) is 3.90. The Hall–Kier alpha value is 1.80. The SMILES string of the molecule is IC(I)I.Nc1cc2cc(Br)ccc2c(Br)n1.[2H]c1nc(N)cc2cc(Br)ccc12.[CH2-]I.[V]. The molecule has 2 aromatic heterocycles. The fourth-order valence-electron chi connectivity index (χ4n) is 2.28. The van der Waals surface area contributed by atoms with E-state index in [0.717, 1.165) is 35.0 Å². The van der Waals surface area contributed by atoms with Crippen LogP contribution in [0.3, 0.4) is 0 Å². The number of halogens is 7. The van der Waals surface area contributed by atoms with Gasteiger partial charge in [-0.3, -0.25) is 4.93 Å². The molecule has 0 aliphatic heterocycles. The number of nitrogens with two attached hydrogens (primary N) is 2. The van der Waals surface area contributed by atoms with Gasteiger partial charge in [-0.05, 0) is 63.1 Å². The normalized spacial score (nSPS) is 9.97. The second-order valence-corrected chi connectivity index (χ2v) is 18.9. The van der Waals surface area contributed by atoms with Crippen molar-refractivity contribution in [1.82, 2.24) is 9.97 Å². The quantitative estimate of drug-likeness (QED) is 0.0797. The van der Waals surface area contributed by atoms with Crippen molar-refractivity contribution in [2.45, 2.75) is -0.0619 Å². The van der Waals surface area contributed by atoms with E-state index in [-0.39, 0.29) is 24.7 Å². The Bertz CT molecular complexity index is 1090. The van der Waals surface area contributed by atoms with Gasteiger partial charge in [0.05, 0.1) is 1.37 Å². The number of anilines is 2. The molecule has 0 bridgehead atoms. The monoisotopic (exact) mass is 1110 g/mol. The van der Waals surface area contributed by atoms with Crippen LogP contribution in [0.1, 0.15) is 1.37 Å². The number of fused-ring (bicyclic) bond motifs is 2. The minimum Gasteiger partial charge on any atom is -0.384 e. The van der Waals surface area contributed by atoms with Gasteiger partial charge in [0.1, 0.15) is 16.2 Å². The van der Waals surface area contributed by atoms with Crippen LogP contribution in [-0.2, 0) is 18.6 Å². The largest absolute Gasteiger partial charge is 0.384 e. The summed E-state index contributed by atoms with van der Waals surface area (Å²) in [6.45, 7) is 0. The summed E-state index contributed by atoms with van der Waals surface area (Å²) < 4.78 is 11.1. The number of pyridine rings is 2. The van der Waals surface area contributed by atoms with Crippen molar-refractivity contribution in [2.75, 3.05) is 11.5 Å². The molecule has 4 nitrogen and oxygen atoms in total. The van der Waals surface area contributed by atoms with E-state index in [4.69, 9.17) is 12.8 Å². The zero-order chi connectivity index (χ0) is 24.4. The number of nitrogens with zero attached hydrogens (tertiary/aromatic N) is 2. The molecule has 0 spiro atoms. The fourth-order valence-corrected chi connectivity index (χ4v) is 3.60. The summed E-state index contributed by atoms with van der Waals surface area (Å²) >= 11 is 19.0. The van der Waals surface area contributed by atoms with Gasteiger partial charge in [0, 0.05) is 44.4 Å². The number of nitrogen functional groups attached to an aromatic ring is 2. The van der Waals surface area contributed by atoms with Gasteiger partial charge < -0.3 is 34.1 Å². The smallest absolute Gasteiger partial charge is 0.125 e. The maximum atomic E-state index is 7.57. The molecule has 2 aromatic carbocycles. The maximum Gasteiger partial charge on any atom is 0.125 e. The van der Waals surface area contributed by atoms with Crippen molar-refractivity contribution in [3.05, 3.63) is 73.2 Å². The predicted molar refractivity (Wildman–Crippen MR) is 181 cm³/mol. The molecule has 171 valence electrons. The van der Waals surface area contributed by atoms with Crippen molar-refractivity contribution >= 4 is 171 Å². The van der Waals surface area contributed by atoms with Gasteiger partial charge in [0.15, 0.2) is 0 Å². The molecule has 0 aliphatic carbocycles. The van der Waals surface area contributed by atoms with Gasteiger partial charge in [-0.2, -0.15) is 0 Å². The third-order valence-electron chi connectivity index (χ3n) is 3.39. The van der Waals surface area contributed by atoms with Crippen molar-refractivity contribution in [2.24, 2.45) is 0 Å². The molecule has 0 saturated carbocycles. The number of aromatic nitrogens is 2. The Morgan fingerprint density at radius 2 is 1.31 bits per heavy atom. The molecule has 0 saturated heterocycles. The number of hydrogen-bond donors (Lipinski definition) is 2. The molecule has 4 aromatic rings. The zero-order valence-electron chi connectivity index (χ0n) is 17.0. The predicted octanol–water partition coefficient (Wildman–Crippen LogP) is 9.71. The first-order chi connectivity index (χ1) is 15.1. The molecule has 0 fully saturated rings. The first kappa shape index (κ1) is 31.8. The Morgan fingerprint density at radius 1 is 0.812 bits per heavy atom. The van der Waals surface area contributed by atoms with Crippen LogP contribution in [0.25, 0.3) is 21.5 Å². The average molecular weight is 1110 g/mol. The van der Waals surface area contributed by atoms with Crippen LogP contribution < -0.4 is 11.5 Å². The molecule has 2 heterocycles. The van der Waals surface area contributed by atoms with Crippen LogP contribution >= 0.6 is 138 Å². The van der Waals surface area contributed by atoms with Crippen LogP contribution in [0, 0.1) is 4.93 Å². The Balaban J connectivity index is 0.000000491. The molecule has 4 N–H and O–H groups in total. The third kappa shape index (κ3) is 12.7. The molecule has 32 heavy (non-hydrogen) atoms. The third-order valence-corrected chi connectivity index (χ3v) is 4.98. The molecule has 0 aliphatic rings. The van der Waals surface area contributed by atoms with Crippen molar-refractivity contribution in [3.63, 3.8) is 0 Å². The standard InChI is InChI=1S/C9H6Br2N2.C9H7BrN2.CHI3.CH2I.V/c10-6-1-2-7-5(3-6)4-8(12)13-9(7)11;10-8-2-1-6-5-12-9(11)4-7(6)3-8;2-1(3)4;1-2;/h1-4H,(H2,12,13);1-5H,(H2,11,12);1H;1H2;/q;;;-1;/i;5D;;;. The van der Waals surface area contributed by atoms with Gasteiger partial charge in [0.25, 0.3) is 0 Å². The second kappa shape index (κ2) is 18.1. The van der Waals surface area contributed by atoms with E-state index in [1.54, 1.807) is 6.07 Å². The van der Waals surface area contributed by atoms with E-state index < -0.39 is 0 Å². The summed E-state index contributed by atoms with van der Waals surface area (Å²) in [7, 11) is 0. The minimum absolute atomic E-state index is 0. The molecule has 1 radical (unpaired) electrons. The zero-order valence-corrected chi connectivity index (χ0v) is 30.8. The fraction of sp³-hybridized carbons (Fsp3) is 0.0500. The molecule has 0 atom stereocenters. The van der Waals surface area contributed by atoms with Crippen molar-refractivity contribution in [1.29, 1.82) is 0 Å². The average Bonchev–Trinajstić information content (AvgIpc) is 2.68. The Kier molecular flexibility index (Phi) is 18.0. The second-order valence-electron chi connectivity index (χ2n) is 5.48. The molecular formula is C20H16Br3I4N4V-. The molecule has 4 rings (SSSR count). The van der Waals surface area contributed by atoms with Crippen molar-refractivity contribution in [3.8, 4) is 0 Å². The van der Waals surface area contributed by atoms with Crippen LogP contribution in [0.4, 0.5) is 11.6 Å².